The number of ether oxygens (including phenoxy) is 2. The number of methoxy groups -OCH3 is 1. The number of piperidine rings is 1. The Morgan fingerprint density at radius 1 is 1.15 bits per heavy atom. The molecule has 1 heterocycles. The van der Waals surface area contributed by atoms with Gasteiger partial charge in [0.2, 0.25) is 11.8 Å². The molecule has 2 aliphatic rings. The van der Waals surface area contributed by atoms with Gasteiger partial charge in [0.05, 0.1) is 36.7 Å². The number of hydrogen-bond acceptors (Lipinski definition) is 7. The van der Waals surface area contributed by atoms with Crippen LogP contribution in [0.5, 0.6) is 5.75 Å². The van der Waals surface area contributed by atoms with Gasteiger partial charge < -0.3 is 35.2 Å². The second-order valence-corrected chi connectivity index (χ2v) is 12.1. The summed E-state index contributed by atoms with van der Waals surface area (Å²) >= 11 is 0. The van der Waals surface area contributed by atoms with E-state index >= 15 is 0 Å². The van der Waals surface area contributed by atoms with Gasteiger partial charge in [-0.2, -0.15) is 0 Å². The lowest BCUT2D eigenvalue weighted by atomic mass is 9.88. The van der Waals surface area contributed by atoms with Crippen LogP contribution in [0, 0.1) is 17.8 Å². The minimum atomic E-state index is -1.05. The van der Waals surface area contributed by atoms with Crippen LogP contribution in [-0.2, 0) is 26.5 Å². The van der Waals surface area contributed by atoms with E-state index < -0.39 is 5.60 Å². The Kier molecular flexibility index (Phi) is 11.6. The van der Waals surface area contributed by atoms with E-state index in [-0.39, 0.29) is 42.3 Å². The summed E-state index contributed by atoms with van der Waals surface area (Å²) in [5.41, 5.74) is 0.597. The van der Waals surface area contributed by atoms with E-state index in [1.807, 2.05) is 23.1 Å². The summed E-state index contributed by atoms with van der Waals surface area (Å²) in [6, 6.07) is 5.67. The molecule has 220 valence electrons. The molecule has 2 fully saturated rings. The van der Waals surface area contributed by atoms with Crippen molar-refractivity contribution in [3.63, 3.8) is 0 Å². The molecule has 0 spiro atoms. The second kappa shape index (κ2) is 14.4. The van der Waals surface area contributed by atoms with Gasteiger partial charge in [-0.1, -0.05) is 19.9 Å². The second-order valence-electron chi connectivity index (χ2n) is 12.1. The van der Waals surface area contributed by atoms with E-state index in [1.54, 1.807) is 21.0 Å². The van der Waals surface area contributed by atoms with Crippen molar-refractivity contribution in [2.75, 3.05) is 40.0 Å². The average Bonchev–Trinajstić information content (AvgIpc) is 3.73. The number of nitrogens with zero attached hydrogens (tertiary/aromatic N) is 1. The molecule has 1 aromatic rings. The lowest BCUT2D eigenvalue weighted by molar-refractivity contribution is -0.139. The first-order valence-corrected chi connectivity index (χ1v) is 14.4. The first-order valence-electron chi connectivity index (χ1n) is 14.4. The lowest BCUT2D eigenvalue weighted by Crippen LogP contribution is -2.51. The number of hydrogen-bond donors (Lipinski definition) is 4. The van der Waals surface area contributed by atoms with Crippen molar-refractivity contribution in [2.45, 2.75) is 84.0 Å². The van der Waals surface area contributed by atoms with Gasteiger partial charge in [0.25, 0.3) is 0 Å². The minimum Gasteiger partial charge on any atom is -0.493 e. The highest BCUT2D eigenvalue weighted by Gasteiger charge is 2.39. The van der Waals surface area contributed by atoms with Crippen LogP contribution in [-0.4, -0.2) is 79.0 Å². The van der Waals surface area contributed by atoms with Crippen molar-refractivity contribution in [3.05, 3.63) is 29.3 Å². The molecule has 9 nitrogen and oxygen atoms in total. The summed E-state index contributed by atoms with van der Waals surface area (Å²) in [6.45, 7) is 10.1. The van der Waals surface area contributed by atoms with Crippen LogP contribution < -0.4 is 15.4 Å². The molecule has 4 N–H and O–H groups in total. The van der Waals surface area contributed by atoms with Crippen LogP contribution in [0.2, 0.25) is 0 Å². The number of aliphatic hydroxyl groups is 2. The monoisotopic (exact) mass is 547 g/mol. The molecule has 1 aromatic carbocycles. The lowest BCUT2D eigenvalue weighted by Gasteiger charge is -2.34. The van der Waals surface area contributed by atoms with Crippen LogP contribution in [0.1, 0.15) is 70.9 Å². The molecule has 1 aliphatic carbocycles. The summed E-state index contributed by atoms with van der Waals surface area (Å²) in [6.07, 6.45) is 3.88. The highest BCUT2D eigenvalue weighted by Crippen LogP contribution is 2.33. The SMILES string of the molecule is COCCCOc1cc(CN(C(=O)[C@H]2CNC[C@@H](C(=O)NC(CO)CC(C)C)C2)C2CC2)cc(C(C)(C)O)c1. The third-order valence-corrected chi connectivity index (χ3v) is 7.45. The van der Waals surface area contributed by atoms with E-state index in [0.717, 1.165) is 30.4 Å². The van der Waals surface area contributed by atoms with E-state index in [0.29, 0.717) is 57.4 Å². The van der Waals surface area contributed by atoms with E-state index in [4.69, 9.17) is 9.47 Å². The zero-order chi connectivity index (χ0) is 28.6. The summed E-state index contributed by atoms with van der Waals surface area (Å²) in [7, 11) is 1.66. The Bertz CT molecular complexity index is 943. The number of amides is 2. The Labute approximate surface area is 233 Å². The van der Waals surface area contributed by atoms with Crippen molar-refractivity contribution in [1.29, 1.82) is 0 Å². The number of aliphatic hydroxyl groups excluding tert-OH is 1. The third kappa shape index (κ3) is 9.74. The molecule has 1 saturated heterocycles. The van der Waals surface area contributed by atoms with Gasteiger partial charge >= 0.3 is 0 Å². The predicted octanol–water partition coefficient (Wildman–Crippen LogP) is 2.57. The van der Waals surface area contributed by atoms with E-state index in [9.17, 15) is 19.8 Å². The molecule has 3 rings (SSSR count). The molecule has 39 heavy (non-hydrogen) atoms. The molecule has 2 amide bonds. The number of carbonyl (C=O) groups is 2. The zero-order valence-corrected chi connectivity index (χ0v) is 24.4. The predicted molar refractivity (Wildman–Crippen MR) is 150 cm³/mol. The Morgan fingerprint density at radius 3 is 2.49 bits per heavy atom. The summed E-state index contributed by atoms with van der Waals surface area (Å²) in [5.74, 6) is 0.361. The number of nitrogens with one attached hydrogen (secondary N) is 2. The molecular weight excluding hydrogens is 498 g/mol. The topological polar surface area (TPSA) is 120 Å². The largest absolute Gasteiger partial charge is 0.493 e. The first kappa shape index (κ1) is 31.3. The Balaban J connectivity index is 1.71. The quantitative estimate of drug-likeness (QED) is 0.249. The maximum Gasteiger partial charge on any atom is 0.227 e. The zero-order valence-electron chi connectivity index (χ0n) is 24.4. The third-order valence-electron chi connectivity index (χ3n) is 7.45. The van der Waals surface area contributed by atoms with Crippen molar-refractivity contribution in [2.24, 2.45) is 17.8 Å². The normalized spacial score (nSPS) is 20.5. The Hall–Kier alpha value is -2.20. The molecule has 0 bridgehead atoms. The van der Waals surface area contributed by atoms with Gasteiger partial charge in [-0.25, -0.2) is 0 Å². The van der Waals surface area contributed by atoms with Crippen molar-refractivity contribution >= 4 is 11.8 Å². The van der Waals surface area contributed by atoms with Crippen LogP contribution in [0.3, 0.4) is 0 Å². The molecule has 3 atom stereocenters. The summed E-state index contributed by atoms with van der Waals surface area (Å²) in [4.78, 5) is 28.7. The fourth-order valence-corrected chi connectivity index (χ4v) is 5.18. The first-order chi connectivity index (χ1) is 18.5. The van der Waals surface area contributed by atoms with Crippen molar-refractivity contribution in [1.82, 2.24) is 15.5 Å². The molecule has 1 unspecified atom stereocenters. The fraction of sp³-hybridized carbons (Fsp3) is 0.733. The summed E-state index contributed by atoms with van der Waals surface area (Å²) < 4.78 is 11.1. The Morgan fingerprint density at radius 2 is 1.87 bits per heavy atom. The number of carbonyl (C=O) groups excluding carboxylic acids is 2. The highest BCUT2D eigenvalue weighted by molar-refractivity contribution is 5.83. The molecule has 1 saturated carbocycles. The smallest absolute Gasteiger partial charge is 0.227 e. The molecular formula is C30H49N3O6. The molecule has 0 radical (unpaired) electrons. The van der Waals surface area contributed by atoms with Gasteiger partial charge in [-0.15, -0.1) is 0 Å². The molecule has 1 aliphatic heterocycles. The van der Waals surface area contributed by atoms with Gasteiger partial charge in [0.1, 0.15) is 5.75 Å². The maximum atomic E-state index is 13.8. The number of benzene rings is 1. The van der Waals surface area contributed by atoms with E-state index in [2.05, 4.69) is 24.5 Å². The molecule has 9 heteroatoms. The van der Waals surface area contributed by atoms with Crippen molar-refractivity contribution in [3.8, 4) is 5.75 Å². The van der Waals surface area contributed by atoms with Crippen LogP contribution in [0.25, 0.3) is 0 Å². The highest BCUT2D eigenvalue weighted by atomic mass is 16.5. The molecule has 0 aromatic heterocycles. The maximum absolute atomic E-state index is 13.8. The minimum absolute atomic E-state index is 0.0552. The van der Waals surface area contributed by atoms with Gasteiger partial charge in [-0.3, -0.25) is 9.59 Å². The standard InChI is InChI=1S/C30H49N3O6/c1-20(2)11-25(19-34)32-28(35)22-14-23(17-31-16-22)29(36)33(26-7-8-26)18-21-12-24(30(3,4)37)15-27(13-21)39-10-6-9-38-5/h12-13,15,20,22-23,25-26,31,34,37H,6-11,14,16-19H2,1-5H3,(H,32,35)/t22-,23+,25?/m0/s1. The number of rotatable bonds is 15. The van der Waals surface area contributed by atoms with Crippen molar-refractivity contribution < 1.29 is 29.3 Å². The summed E-state index contributed by atoms with van der Waals surface area (Å²) in [5, 5.41) is 26.7. The van der Waals surface area contributed by atoms with Crippen LogP contribution >= 0.6 is 0 Å². The average molecular weight is 548 g/mol. The fourth-order valence-electron chi connectivity index (χ4n) is 5.18. The van der Waals surface area contributed by atoms with Gasteiger partial charge in [0, 0.05) is 45.8 Å². The van der Waals surface area contributed by atoms with E-state index in [1.165, 1.54) is 0 Å². The van der Waals surface area contributed by atoms with Crippen LogP contribution in [0.15, 0.2) is 18.2 Å². The van der Waals surface area contributed by atoms with Crippen LogP contribution in [0.4, 0.5) is 0 Å². The van der Waals surface area contributed by atoms with Gasteiger partial charge in [-0.05, 0) is 68.7 Å². The van der Waals surface area contributed by atoms with Gasteiger partial charge in [0.15, 0.2) is 0 Å².